The van der Waals surface area contributed by atoms with E-state index in [4.69, 9.17) is 5.84 Å². The number of carbonyl (C=O) groups excluding carboxylic acids is 2. The van der Waals surface area contributed by atoms with E-state index in [0.717, 1.165) is 5.56 Å². The first-order chi connectivity index (χ1) is 15.8. The second-order valence-corrected chi connectivity index (χ2v) is 8.00. The SMILES string of the molecule is NNC(=O)c1ccc(CNC(=O)c2ccc(N/N=C/c3ccccc3S(=O)(=O)[O-])nc2)cc1.[Na+]. The van der Waals surface area contributed by atoms with Gasteiger partial charge < -0.3 is 9.87 Å². The summed E-state index contributed by atoms with van der Waals surface area (Å²) in [4.78, 5) is 27.4. The van der Waals surface area contributed by atoms with Crippen molar-refractivity contribution in [2.24, 2.45) is 10.9 Å². The zero-order valence-corrected chi connectivity index (χ0v) is 20.9. The van der Waals surface area contributed by atoms with Crippen LogP contribution in [0.1, 0.15) is 31.8 Å². The van der Waals surface area contributed by atoms with Gasteiger partial charge in [0.05, 0.1) is 16.7 Å². The number of hydrazone groups is 1. The van der Waals surface area contributed by atoms with E-state index in [0.29, 0.717) is 16.9 Å². The van der Waals surface area contributed by atoms with Crippen LogP contribution in [-0.2, 0) is 16.7 Å². The van der Waals surface area contributed by atoms with Gasteiger partial charge in [-0.2, -0.15) is 5.10 Å². The van der Waals surface area contributed by atoms with E-state index in [1.165, 1.54) is 42.7 Å². The molecule has 170 valence electrons. The summed E-state index contributed by atoms with van der Waals surface area (Å²) in [6.07, 6.45) is 2.54. The maximum Gasteiger partial charge on any atom is 1.00 e. The van der Waals surface area contributed by atoms with Gasteiger partial charge in [-0.15, -0.1) is 0 Å². The summed E-state index contributed by atoms with van der Waals surface area (Å²) in [6.45, 7) is 0.246. The molecular formula is C21H19N6NaO5S. The second-order valence-electron chi connectivity index (χ2n) is 6.65. The Bertz CT molecular complexity index is 1280. The fourth-order valence-electron chi connectivity index (χ4n) is 2.72. The van der Waals surface area contributed by atoms with Gasteiger partial charge in [-0.25, -0.2) is 19.2 Å². The second kappa shape index (κ2) is 12.4. The molecule has 0 spiro atoms. The molecule has 0 aliphatic rings. The molecule has 0 radical (unpaired) electrons. The molecule has 1 heterocycles. The summed E-state index contributed by atoms with van der Waals surface area (Å²) < 4.78 is 33.8. The number of pyridine rings is 1. The number of nitrogens with zero attached hydrogens (tertiary/aromatic N) is 2. The summed E-state index contributed by atoms with van der Waals surface area (Å²) in [7, 11) is -4.63. The molecule has 5 N–H and O–H groups in total. The number of nitrogen functional groups attached to an aromatic ring is 1. The van der Waals surface area contributed by atoms with Crippen LogP contribution in [0.3, 0.4) is 0 Å². The summed E-state index contributed by atoms with van der Waals surface area (Å²) in [5.74, 6) is 4.63. The molecule has 13 heteroatoms. The number of benzene rings is 2. The van der Waals surface area contributed by atoms with Crippen molar-refractivity contribution in [2.75, 3.05) is 5.43 Å². The molecule has 0 aliphatic heterocycles. The molecule has 0 fully saturated rings. The largest absolute Gasteiger partial charge is 1.00 e. The minimum Gasteiger partial charge on any atom is -0.744 e. The first-order valence-electron chi connectivity index (χ1n) is 9.46. The predicted octanol–water partition coefficient (Wildman–Crippen LogP) is -2.03. The number of nitrogens with one attached hydrogen (secondary N) is 3. The van der Waals surface area contributed by atoms with Crippen molar-refractivity contribution in [1.29, 1.82) is 0 Å². The Morgan fingerprint density at radius 1 is 1.00 bits per heavy atom. The van der Waals surface area contributed by atoms with Crippen LogP contribution in [0.5, 0.6) is 0 Å². The van der Waals surface area contributed by atoms with Crippen LogP contribution in [0, 0.1) is 0 Å². The Labute approximate surface area is 217 Å². The minimum atomic E-state index is -4.63. The number of nitrogens with two attached hydrogens (primary N) is 1. The van der Waals surface area contributed by atoms with Crippen LogP contribution in [0.2, 0.25) is 0 Å². The number of hydrogen-bond donors (Lipinski definition) is 4. The molecule has 0 saturated carbocycles. The van der Waals surface area contributed by atoms with E-state index in [2.05, 4.69) is 20.8 Å². The van der Waals surface area contributed by atoms with E-state index >= 15 is 0 Å². The van der Waals surface area contributed by atoms with E-state index in [9.17, 15) is 22.6 Å². The van der Waals surface area contributed by atoms with Gasteiger partial charge in [0.1, 0.15) is 15.9 Å². The summed E-state index contributed by atoms with van der Waals surface area (Å²) in [5.41, 5.74) is 6.28. The molecule has 0 bridgehead atoms. The normalized spacial score (nSPS) is 10.9. The monoisotopic (exact) mass is 490 g/mol. The van der Waals surface area contributed by atoms with Crippen LogP contribution in [-0.4, -0.2) is 36.0 Å². The summed E-state index contributed by atoms with van der Waals surface area (Å²) in [6, 6.07) is 15.3. The molecule has 0 atom stereocenters. The molecule has 2 aromatic carbocycles. The molecule has 0 unspecified atom stereocenters. The maximum absolute atomic E-state index is 12.3. The van der Waals surface area contributed by atoms with E-state index in [1.54, 1.807) is 30.3 Å². The Balaban J connectivity index is 0.00000408. The number of amides is 2. The molecule has 0 saturated heterocycles. The number of hydrazine groups is 1. The topological polar surface area (TPSA) is 179 Å². The Hall–Kier alpha value is -3.13. The van der Waals surface area contributed by atoms with Crippen LogP contribution in [0.25, 0.3) is 0 Å². The average Bonchev–Trinajstić information content (AvgIpc) is 2.82. The van der Waals surface area contributed by atoms with Crippen molar-refractivity contribution in [1.82, 2.24) is 15.7 Å². The van der Waals surface area contributed by atoms with Gasteiger partial charge in [0.2, 0.25) is 0 Å². The Morgan fingerprint density at radius 2 is 1.68 bits per heavy atom. The molecule has 3 aromatic rings. The van der Waals surface area contributed by atoms with Gasteiger partial charge in [-0.3, -0.25) is 20.4 Å². The van der Waals surface area contributed by atoms with Crippen LogP contribution >= 0.6 is 0 Å². The minimum absolute atomic E-state index is 0. The van der Waals surface area contributed by atoms with Crippen molar-refractivity contribution < 1.29 is 52.1 Å². The zero-order chi connectivity index (χ0) is 23.8. The third kappa shape index (κ3) is 7.45. The Morgan fingerprint density at radius 3 is 2.29 bits per heavy atom. The third-order valence-electron chi connectivity index (χ3n) is 4.40. The predicted molar refractivity (Wildman–Crippen MR) is 119 cm³/mol. The molecule has 0 aliphatic carbocycles. The van der Waals surface area contributed by atoms with Crippen molar-refractivity contribution in [3.63, 3.8) is 0 Å². The van der Waals surface area contributed by atoms with Crippen molar-refractivity contribution in [3.05, 3.63) is 89.1 Å². The van der Waals surface area contributed by atoms with Crippen LogP contribution in [0.15, 0.2) is 76.9 Å². The van der Waals surface area contributed by atoms with Gasteiger partial charge in [0.15, 0.2) is 0 Å². The van der Waals surface area contributed by atoms with Gasteiger partial charge in [-0.1, -0.05) is 30.3 Å². The van der Waals surface area contributed by atoms with Gasteiger partial charge in [-0.05, 0) is 35.9 Å². The van der Waals surface area contributed by atoms with Crippen molar-refractivity contribution in [3.8, 4) is 0 Å². The van der Waals surface area contributed by atoms with E-state index < -0.39 is 16.0 Å². The van der Waals surface area contributed by atoms with Crippen LogP contribution in [0.4, 0.5) is 5.82 Å². The van der Waals surface area contributed by atoms with Crippen molar-refractivity contribution in [2.45, 2.75) is 11.4 Å². The molecule has 34 heavy (non-hydrogen) atoms. The third-order valence-corrected chi connectivity index (χ3v) is 5.31. The summed E-state index contributed by atoms with van der Waals surface area (Å²) >= 11 is 0. The fraction of sp³-hybridized carbons (Fsp3) is 0.0476. The standard InChI is InChI=1S/C21H20N6O5S.Na/c22-26-21(29)15-7-5-14(6-8-15)11-24-20(28)17-9-10-19(23-12-17)27-25-13-16-3-1-2-4-18(16)33(30,31)32;/h1-10,12-13H,11,22H2,(H,23,27)(H,24,28)(H,26,29)(H,30,31,32);/q;+1/p-1/b25-13+;. The molecule has 11 nitrogen and oxygen atoms in total. The maximum atomic E-state index is 12.3. The van der Waals surface area contributed by atoms with Gasteiger partial charge in [0.25, 0.3) is 11.8 Å². The van der Waals surface area contributed by atoms with E-state index in [-0.39, 0.29) is 52.5 Å². The number of aromatic nitrogens is 1. The first kappa shape index (κ1) is 27.1. The smallest absolute Gasteiger partial charge is 0.744 e. The number of anilines is 1. The molecule has 3 rings (SSSR count). The number of rotatable bonds is 8. The molecule has 1 aromatic heterocycles. The zero-order valence-electron chi connectivity index (χ0n) is 18.1. The van der Waals surface area contributed by atoms with Crippen LogP contribution < -0.4 is 51.6 Å². The average molecular weight is 490 g/mol. The molecule has 2 amide bonds. The van der Waals surface area contributed by atoms with E-state index in [1.807, 2.05) is 5.43 Å². The number of carbonyl (C=O) groups is 2. The van der Waals surface area contributed by atoms with Gasteiger partial charge in [0, 0.05) is 23.9 Å². The van der Waals surface area contributed by atoms with Crippen molar-refractivity contribution >= 4 is 34.0 Å². The molecular weight excluding hydrogens is 471 g/mol. The number of hydrogen-bond acceptors (Lipinski definition) is 9. The Kier molecular flexibility index (Phi) is 9.86. The van der Waals surface area contributed by atoms with Gasteiger partial charge >= 0.3 is 29.6 Å². The fourth-order valence-corrected chi connectivity index (χ4v) is 3.37. The summed E-state index contributed by atoms with van der Waals surface area (Å²) in [5, 5.41) is 6.63. The quantitative estimate of drug-likeness (QED) is 0.0697. The first-order valence-corrected chi connectivity index (χ1v) is 10.9.